The maximum absolute atomic E-state index is 13.1. The molecular weight excluding hydrogens is 398 g/mol. The van der Waals surface area contributed by atoms with E-state index in [4.69, 9.17) is 4.98 Å². The lowest BCUT2D eigenvalue weighted by molar-refractivity contribution is -0.114. The third-order valence-corrected chi connectivity index (χ3v) is 5.88. The number of likely N-dealkylation sites (tertiary alicyclic amines) is 1. The van der Waals surface area contributed by atoms with Gasteiger partial charge in [0.15, 0.2) is 0 Å². The Hall–Kier alpha value is -3.47. The molecule has 1 unspecified atom stereocenters. The van der Waals surface area contributed by atoms with Crippen LogP contribution < -0.4 is 5.32 Å². The number of anilines is 1. The van der Waals surface area contributed by atoms with E-state index in [1.807, 2.05) is 4.90 Å². The molecule has 164 valence electrons. The second-order valence-corrected chi connectivity index (χ2v) is 8.57. The minimum absolute atomic E-state index is 0.0278. The normalized spacial score (nSPS) is 15.9. The number of aryl methyl sites for hydroxylation is 1. The average molecular weight is 428 g/mol. The van der Waals surface area contributed by atoms with Crippen molar-refractivity contribution in [1.29, 1.82) is 0 Å². The summed E-state index contributed by atoms with van der Waals surface area (Å²) in [5, 5.41) is 2.73. The van der Waals surface area contributed by atoms with Crippen molar-refractivity contribution in [3.8, 4) is 0 Å². The zero-order valence-corrected chi connectivity index (χ0v) is 18.7. The number of nitrogens with zero attached hydrogens (tertiary/aromatic N) is 2. The van der Waals surface area contributed by atoms with Gasteiger partial charge in [0.05, 0.1) is 0 Å². The third kappa shape index (κ3) is 5.41. The number of rotatable bonds is 5. The molecule has 0 saturated carbocycles. The summed E-state index contributed by atoms with van der Waals surface area (Å²) in [6, 6.07) is 21.9. The molecule has 0 radical (unpaired) electrons. The highest BCUT2D eigenvalue weighted by Crippen LogP contribution is 2.27. The Morgan fingerprint density at radius 1 is 1.06 bits per heavy atom. The van der Waals surface area contributed by atoms with Crippen LogP contribution in [0.4, 0.5) is 5.69 Å². The first-order valence-electron chi connectivity index (χ1n) is 11.2. The van der Waals surface area contributed by atoms with E-state index in [9.17, 15) is 9.59 Å². The van der Waals surface area contributed by atoms with Gasteiger partial charge < -0.3 is 10.2 Å². The Kier molecular flexibility index (Phi) is 6.64. The Morgan fingerprint density at radius 3 is 2.59 bits per heavy atom. The lowest BCUT2D eigenvalue weighted by Crippen LogP contribution is -2.39. The number of hydrogen-bond acceptors (Lipinski definition) is 3. The first-order chi connectivity index (χ1) is 15.5. The van der Waals surface area contributed by atoms with Gasteiger partial charge in [-0.3, -0.25) is 14.6 Å². The van der Waals surface area contributed by atoms with E-state index in [0.717, 1.165) is 37.2 Å². The molecule has 3 aromatic rings. The number of pyridine rings is 1. The molecule has 0 bridgehead atoms. The van der Waals surface area contributed by atoms with E-state index in [1.54, 1.807) is 24.3 Å². The molecule has 2 heterocycles. The molecule has 1 N–H and O–H groups in total. The molecule has 2 amide bonds. The highest BCUT2D eigenvalue weighted by atomic mass is 16.2. The molecule has 5 nitrogen and oxygen atoms in total. The van der Waals surface area contributed by atoms with E-state index in [2.05, 4.69) is 54.7 Å². The van der Waals surface area contributed by atoms with Crippen LogP contribution in [0.2, 0.25) is 0 Å². The smallest absolute Gasteiger partial charge is 0.253 e. The minimum Gasteiger partial charge on any atom is -0.338 e. The first-order valence-corrected chi connectivity index (χ1v) is 11.2. The van der Waals surface area contributed by atoms with Crippen molar-refractivity contribution in [2.24, 2.45) is 0 Å². The SMILES string of the molecule is CC(=O)Nc1ccc(C(=O)N2CCCC(c3cccc(Cc4cccc(C)c4)n3)C2)cc1. The zero-order chi connectivity index (χ0) is 22.5. The summed E-state index contributed by atoms with van der Waals surface area (Å²) < 4.78 is 0. The van der Waals surface area contributed by atoms with Gasteiger partial charge in [-0.05, 0) is 61.7 Å². The standard InChI is InChI=1S/C27H29N3O2/c1-19-6-3-7-21(16-19)17-25-9-4-10-26(29-25)23-8-5-15-30(18-23)27(32)22-11-13-24(14-12-22)28-20(2)31/h3-4,6-7,9-14,16,23H,5,8,15,17-18H2,1-2H3,(H,28,31). The van der Waals surface area contributed by atoms with Crippen LogP contribution in [0.5, 0.6) is 0 Å². The molecular formula is C27H29N3O2. The lowest BCUT2D eigenvalue weighted by atomic mass is 9.93. The molecule has 1 aliphatic heterocycles. The van der Waals surface area contributed by atoms with Gasteiger partial charge in [0.1, 0.15) is 0 Å². The number of piperidine rings is 1. The fourth-order valence-corrected chi connectivity index (χ4v) is 4.34. The number of aromatic nitrogens is 1. The molecule has 5 heteroatoms. The molecule has 1 fully saturated rings. The van der Waals surface area contributed by atoms with Crippen molar-refractivity contribution in [2.45, 2.75) is 39.0 Å². The van der Waals surface area contributed by atoms with Crippen LogP contribution in [0.15, 0.2) is 66.7 Å². The van der Waals surface area contributed by atoms with Crippen molar-refractivity contribution in [1.82, 2.24) is 9.88 Å². The van der Waals surface area contributed by atoms with Crippen LogP contribution >= 0.6 is 0 Å². The van der Waals surface area contributed by atoms with Gasteiger partial charge in [-0.15, -0.1) is 0 Å². The maximum Gasteiger partial charge on any atom is 0.253 e. The highest BCUT2D eigenvalue weighted by Gasteiger charge is 2.26. The Morgan fingerprint density at radius 2 is 1.84 bits per heavy atom. The van der Waals surface area contributed by atoms with E-state index < -0.39 is 0 Å². The number of amides is 2. The van der Waals surface area contributed by atoms with Crippen molar-refractivity contribution >= 4 is 17.5 Å². The molecule has 4 rings (SSSR count). The van der Waals surface area contributed by atoms with Crippen LogP contribution in [-0.4, -0.2) is 34.8 Å². The summed E-state index contributed by atoms with van der Waals surface area (Å²) in [6.07, 6.45) is 2.81. The molecule has 0 aliphatic carbocycles. The summed E-state index contributed by atoms with van der Waals surface area (Å²) in [6.45, 7) is 5.00. The Labute approximate surface area is 189 Å². The largest absolute Gasteiger partial charge is 0.338 e. The predicted molar refractivity (Wildman–Crippen MR) is 127 cm³/mol. The van der Waals surface area contributed by atoms with Crippen molar-refractivity contribution in [2.75, 3.05) is 18.4 Å². The second kappa shape index (κ2) is 9.77. The molecule has 1 saturated heterocycles. The lowest BCUT2D eigenvalue weighted by Gasteiger charge is -2.32. The summed E-state index contributed by atoms with van der Waals surface area (Å²) in [4.78, 5) is 31.1. The molecule has 2 aromatic carbocycles. The summed E-state index contributed by atoms with van der Waals surface area (Å²) >= 11 is 0. The minimum atomic E-state index is -0.125. The predicted octanol–water partition coefficient (Wildman–Crippen LogP) is 4.96. The topological polar surface area (TPSA) is 62.3 Å². The Bertz CT molecular complexity index is 1110. The van der Waals surface area contributed by atoms with Crippen LogP contribution in [-0.2, 0) is 11.2 Å². The first kappa shape index (κ1) is 21.8. The number of hydrogen-bond donors (Lipinski definition) is 1. The maximum atomic E-state index is 13.1. The van der Waals surface area contributed by atoms with Crippen molar-refractivity contribution in [3.63, 3.8) is 0 Å². The monoisotopic (exact) mass is 427 g/mol. The van der Waals surface area contributed by atoms with Gasteiger partial charge in [0.2, 0.25) is 5.91 Å². The van der Waals surface area contributed by atoms with Crippen LogP contribution in [0.1, 0.15) is 58.6 Å². The van der Waals surface area contributed by atoms with Crippen molar-refractivity contribution in [3.05, 3.63) is 94.8 Å². The van der Waals surface area contributed by atoms with Gasteiger partial charge in [0.25, 0.3) is 5.91 Å². The van der Waals surface area contributed by atoms with E-state index in [0.29, 0.717) is 17.8 Å². The van der Waals surface area contributed by atoms with Crippen LogP contribution in [0.25, 0.3) is 0 Å². The summed E-state index contributed by atoms with van der Waals surface area (Å²) in [7, 11) is 0. The van der Waals surface area contributed by atoms with E-state index in [1.165, 1.54) is 18.1 Å². The van der Waals surface area contributed by atoms with Gasteiger partial charge >= 0.3 is 0 Å². The van der Waals surface area contributed by atoms with E-state index in [-0.39, 0.29) is 17.7 Å². The zero-order valence-electron chi connectivity index (χ0n) is 18.7. The van der Waals surface area contributed by atoms with Gasteiger partial charge in [0, 0.05) is 55.0 Å². The van der Waals surface area contributed by atoms with Crippen LogP contribution in [0, 0.1) is 6.92 Å². The fourth-order valence-electron chi connectivity index (χ4n) is 4.34. The number of nitrogens with one attached hydrogen (secondary N) is 1. The van der Waals surface area contributed by atoms with Gasteiger partial charge in [-0.25, -0.2) is 0 Å². The fraction of sp³-hybridized carbons (Fsp3) is 0.296. The molecule has 1 aliphatic rings. The quantitative estimate of drug-likeness (QED) is 0.626. The second-order valence-electron chi connectivity index (χ2n) is 8.57. The number of carbonyl (C=O) groups is 2. The molecule has 0 spiro atoms. The number of carbonyl (C=O) groups excluding carboxylic acids is 2. The Balaban J connectivity index is 1.44. The van der Waals surface area contributed by atoms with Gasteiger partial charge in [-0.2, -0.15) is 0 Å². The highest BCUT2D eigenvalue weighted by molar-refractivity contribution is 5.95. The number of benzene rings is 2. The summed E-state index contributed by atoms with van der Waals surface area (Å²) in [5.74, 6) is 0.142. The van der Waals surface area contributed by atoms with Crippen molar-refractivity contribution < 1.29 is 9.59 Å². The molecule has 1 atom stereocenters. The average Bonchev–Trinajstić information content (AvgIpc) is 2.79. The third-order valence-electron chi connectivity index (χ3n) is 5.88. The molecule has 32 heavy (non-hydrogen) atoms. The van der Waals surface area contributed by atoms with Crippen LogP contribution in [0.3, 0.4) is 0 Å². The molecule has 1 aromatic heterocycles. The van der Waals surface area contributed by atoms with Gasteiger partial charge in [-0.1, -0.05) is 35.9 Å². The van der Waals surface area contributed by atoms with E-state index >= 15 is 0 Å². The summed E-state index contributed by atoms with van der Waals surface area (Å²) in [5.41, 5.74) is 5.97.